The molecule has 5 nitrogen and oxygen atoms in total. The van der Waals surface area contributed by atoms with Crippen molar-refractivity contribution in [2.45, 2.75) is 70.8 Å². The van der Waals surface area contributed by atoms with Gasteiger partial charge in [0.2, 0.25) is 0 Å². The van der Waals surface area contributed by atoms with Crippen molar-refractivity contribution in [3.8, 4) is 5.75 Å². The molecule has 26 heavy (non-hydrogen) atoms. The maximum atomic E-state index is 11.8. The van der Waals surface area contributed by atoms with Crippen LogP contribution in [0.5, 0.6) is 5.75 Å². The van der Waals surface area contributed by atoms with E-state index in [2.05, 4.69) is 0 Å². The SMILES string of the molecule is Cc1ccc(C(=O)O)c(OC2CCCCC2C2CCCCC2)c1C(=O)O. The maximum absolute atomic E-state index is 11.8. The molecule has 0 radical (unpaired) electrons. The van der Waals surface area contributed by atoms with E-state index in [4.69, 9.17) is 4.74 Å². The summed E-state index contributed by atoms with van der Waals surface area (Å²) in [6, 6.07) is 3.00. The minimum atomic E-state index is -1.15. The minimum absolute atomic E-state index is 0.0159. The summed E-state index contributed by atoms with van der Waals surface area (Å²) < 4.78 is 6.23. The van der Waals surface area contributed by atoms with Crippen molar-refractivity contribution in [1.29, 1.82) is 0 Å². The van der Waals surface area contributed by atoms with Gasteiger partial charge in [0.1, 0.15) is 23.0 Å². The molecule has 2 fully saturated rings. The highest BCUT2D eigenvalue weighted by molar-refractivity contribution is 5.99. The van der Waals surface area contributed by atoms with E-state index in [0.29, 0.717) is 17.4 Å². The van der Waals surface area contributed by atoms with Gasteiger partial charge in [0.25, 0.3) is 0 Å². The molecule has 0 amide bonds. The first-order chi connectivity index (χ1) is 12.5. The van der Waals surface area contributed by atoms with Crippen LogP contribution < -0.4 is 4.74 Å². The third kappa shape index (κ3) is 3.87. The number of carbonyl (C=O) groups is 2. The third-order valence-electron chi connectivity index (χ3n) is 6.09. The highest BCUT2D eigenvalue weighted by atomic mass is 16.5. The molecule has 0 bridgehead atoms. The standard InChI is InChI=1S/C21H28O5/c1-13-11-12-16(20(22)23)19(18(13)21(24)25)26-17-10-6-5-9-15(17)14-7-3-2-4-8-14/h11-12,14-15,17H,2-10H2,1H3,(H,22,23)(H,24,25). The molecule has 2 N–H and O–H groups in total. The average molecular weight is 360 g/mol. The van der Waals surface area contributed by atoms with Gasteiger partial charge in [-0.05, 0) is 49.7 Å². The van der Waals surface area contributed by atoms with Crippen molar-refractivity contribution in [2.75, 3.05) is 0 Å². The molecule has 0 heterocycles. The van der Waals surface area contributed by atoms with Crippen LogP contribution in [-0.4, -0.2) is 28.3 Å². The molecule has 2 unspecified atom stereocenters. The lowest BCUT2D eigenvalue weighted by Gasteiger charge is -2.39. The Morgan fingerprint density at radius 3 is 2.23 bits per heavy atom. The third-order valence-corrected chi connectivity index (χ3v) is 6.09. The monoisotopic (exact) mass is 360 g/mol. The van der Waals surface area contributed by atoms with E-state index >= 15 is 0 Å². The number of hydrogen-bond acceptors (Lipinski definition) is 3. The fourth-order valence-electron chi connectivity index (χ4n) is 4.76. The Morgan fingerprint density at radius 2 is 1.58 bits per heavy atom. The Morgan fingerprint density at radius 1 is 0.923 bits per heavy atom. The Hall–Kier alpha value is -2.04. The quantitative estimate of drug-likeness (QED) is 0.779. The first-order valence-electron chi connectivity index (χ1n) is 9.76. The van der Waals surface area contributed by atoms with Crippen LogP contribution in [0.25, 0.3) is 0 Å². The zero-order valence-corrected chi connectivity index (χ0v) is 15.4. The van der Waals surface area contributed by atoms with Crippen LogP contribution in [0.2, 0.25) is 0 Å². The second kappa shape index (κ2) is 8.11. The summed E-state index contributed by atoms with van der Waals surface area (Å²) in [7, 11) is 0. The molecule has 1 aromatic carbocycles. The lowest BCUT2D eigenvalue weighted by molar-refractivity contribution is 0.0399. The predicted octanol–water partition coefficient (Wildman–Crippen LogP) is 4.91. The minimum Gasteiger partial charge on any atom is -0.488 e. The van der Waals surface area contributed by atoms with E-state index in [0.717, 1.165) is 19.3 Å². The van der Waals surface area contributed by atoms with E-state index in [1.54, 1.807) is 13.0 Å². The van der Waals surface area contributed by atoms with Gasteiger partial charge in [-0.2, -0.15) is 0 Å². The van der Waals surface area contributed by atoms with Crippen LogP contribution >= 0.6 is 0 Å². The normalized spacial score (nSPS) is 24.2. The van der Waals surface area contributed by atoms with E-state index in [1.807, 2.05) is 0 Å². The number of rotatable bonds is 5. The fraction of sp³-hybridized carbons (Fsp3) is 0.619. The van der Waals surface area contributed by atoms with E-state index in [9.17, 15) is 19.8 Å². The number of hydrogen-bond donors (Lipinski definition) is 2. The molecule has 2 aliphatic carbocycles. The van der Waals surface area contributed by atoms with Crippen molar-refractivity contribution in [3.63, 3.8) is 0 Å². The van der Waals surface area contributed by atoms with Gasteiger partial charge in [0.15, 0.2) is 0 Å². The van der Waals surface area contributed by atoms with Crippen molar-refractivity contribution in [2.24, 2.45) is 11.8 Å². The molecule has 0 aromatic heterocycles. The average Bonchev–Trinajstić information content (AvgIpc) is 2.62. The lowest BCUT2D eigenvalue weighted by atomic mass is 9.72. The van der Waals surface area contributed by atoms with E-state index < -0.39 is 11.9 Å². The topological polar surface area (TPSA) is 83.8 Å². The van der Waals surface area contributed by atoms with Crippen molar-refractivity contribution < 1.29 is 24.5 Å². The zero-order valence-electron chi connectivity index (χ0n) is 15.4. The number of carboxylic acids is 2. The molecular formula is C21H28O5. The van der Waals surface area contributed by atoms with Gasteiger partial charge in [-0.1, -0.05) is 44.6 Å². The second-order valence-corrected chi connectivity index (χ2v) is 7.75. The number of aromatic carboxylic acids is 2. The summed E-state index contributed by atoms with van der Waals surface area (Å²) in [6.07, 6.45) is 10.3. The Bertz CT molecular complexity index is 675. The Labute approximate surface area is 154 Å². The fourth-order valence-corrected chi connectivity index (χ4v) is 4.76. The first-order valence-corrected chi connectivity index (χ1v) is 9.76. The van der Waals surface area contributed by atoms with Gasteiger partial charge in [0, 0.05) is 0 Å². The summed E-state index contributed by atoms with van der Waals surface area (Å²) in [5, 5.41) is 19.2. The lowest BCUT2D eigenvalue weighted by Crippen LogP contribution is -2.37. The molecule has 142 valence electrons. The molecule has 2 atom stereocenters. The summed E-state index contributed by atoms with van der Waals surface area (Å²) in [5.41, 5.74) is 0.460. The van der Waals surface area contributed by atoms with Crippen LogP contribution in [-0.2, 0) is 0 Å². The van der Waals surface area contributed by atoms with Crippen LogP contribution in [0.3, 0.4) is 0 Å². The summed E-state index contributed by atoms with van der Waals surface area (Å²) in [4.78, 5) is 23.4. The van der Waals surface area contributed by atoms with Crippen LogP contribution in [0.15, 0.2) is 12.1 Å². The molecule has 5 heteroatoms. The first kappa shape index (κ1) is 18.7. The van der Waals surface area contributed by atoms with Gasteiger partial charge >= 0.3 is 11.9 Å². The van der Waals surface area contributed by atoms with E-state index in [1.165, 1.54) is 44.6 Å². The summed E-state index contributed by atoms with van der Waals surface area (Å²) in [6.45, 7) is 1.68. The highest BCUT2D eigenvalue weighted by Crippen LogP contribution is 2.41. The molecule has 2 saturated carbocycles. The predicted molar refractivity (Wildman–Crippen MR) is 98.0 cm³/mol. The van der Waals surface area contributed by atoms with Crippen LogP contribution in [0, 0.1) is 18.8 Å². The molecule has 0 saturated heterocycles. The van der Waals surface area contributed by atoms with Crippen molar-refractivity contribution in [1.82, 2.24) is 0 Å². The van der Waals surface area contributed by atoms with Gasteiger partial charge < -0.3 is 14.9 Å². The second-order valence-electron chi connectivity index (χ2n) is 7.75. The molecule has 0 aliphatic heterocycles. The molecule has 3 rings (SSSR count). The van der Waals surface area contributed by atoms with Crippen LogP contribution in [0.4, 0.5) is 0 Å². The number of aryl methyl sites for hydroxylation is 1. The smallest absolute Gasteiger partial charge is 0.339 e. The highest BCUT2D eigenvalue weighted by Gasteiger charge is 2.35. The van der Waals surface area contributed by atoms with Gasteiger partial charge in [-0.25, -0.2) is 9.59 Å². The van der Waals surface area contributed by atoms with Gasteiger partial charge in [0.05, 0.1) is 0 Å². The molecule has 2 aliphatic rings. The van der Waals surface area contributed by atoms with Gasteiger partial charge in [-0.15, -0.1) is 0 Å². The van der Waals surface area contributed by atoms with Crippen LogP contribution in [0.1, 0.15) is 84.1 Å². The molecular weight excluding hydrogens is 332 g/mol. The zero-order chi connectivity index (χ0) is 18.7. The summed E-state index contributed by atoms with van der Waals surface area (Å²) >= 11 is 0. The Balaban J connectivity index is 1.93. The van der Waals surface area contributed by atoms with Gasteiger partial charge in [-0.3, -0.25) is 0 Å². The molecule has 1 aromatic rings. The maximum Gasteiger partial charge on any atom is 0.339 e. The van der Waals surface area contributed by atoms with Crippen molar-refractivity contribution in [3.05, 3.63) is 28.8 Å². The number of benzene rings is 1. The number of ether oxygens (including phenoxy) is 1. The molecule has 0 spiro atoms. The van der Waals surface area contributed by atoms with Crippen molar-refractivity contribution >= 4 is 11.9 Å². The largest absolute Gasteiger partial charge is 0.488 e. The summed E-state index contributed by atoms with van der Waals surface area (Å²) in [5.74, 6) is -1.23. The van der Waals surface area contributed by atoms with E-state index in [-0.39, 0.29) is 23.0 Å². The number of carboxylic acid groups (broad SMARTS) is 2. The Kier molecular flexibility index (Phi) is 5.84.